The Labute approximate surface area is 182 Å². The van der Waals surface area contributed by atoms with Gasteiger partial charge >= 0.3 is 0 Å². The molecule has 0 aliphatic heterocycles. The number of amidine groups is 1. The van der Waals surface area contributed by atoms with Crippen molar-refractivity contribution in [2.75, 3.05) is 11.4 Å². The van der Waals surface area contributed by atoms with Gasteiger partial charge < -0.3 is 11.1 Å². The van der Waals surface area contributed by atoms with Gasteiger partial charge in [0.2, 0.25) is 5.91 Å². The van der Waals surface area contributed by atoms with Crippen LogP contribution in [0.1, 0.15) is 34.0 Å². The van der Waals surface area contributed by atoms with Crippen molar-refractivity contribution in [1.82, 2.24) is 5.32 Å². The van der Waals surface area contributed by atoms with Gasteiger partial charge in [0.1, 0.15) is 12.4 Å². The lowest BCUT2D eigenvalue weighted by molar-refractivity contribution is -0.119. The molecule has 3 aromatic carbocycles. The standard InChI is InChI=1S/C25H26N4O2/c1-2-18-11-13-19(14-12-18)16-28-23(30)17-29(22-9-4-3-5-10-22)25(31)21-8-6-7-20(15-21)24(26)27/h3-15H,2,16-17H2,1H3,(H3,26,27)(H,28,30). The van der Waals surface area contributed by atoms with Crippen molar-refractivity contribution in [1.29, 1.82) is 5.41 Å². The first kappa shape index (κ1) is 21.8. The van der Waals surface area contributed by atoms with Gasteiger partial charge in [-0.05, 0) is 41.8 Å². The van der Waals surface area contributed by atoms with E-state index in [2.05, 4.69) is 12.2 Å². The van der Waals surface area contributed by atoms with Crippen LogP contribution in [0.4, 0.5) is 5.69 Å². The highest BCUT2D eigenvalue weighted by molar-refractivity contribution is 6.10. The van der Waals surface area contributed by atoms with Crippen molar-refractivity contribution in [3.8, 4) is 0 Å². The second-order valence-electron chi connectivity index (χ2n) is 7.17. The quantitative estimate of drug-likeness (QED) is 0.389. The van der Waals surface area contributed by atoms with Crippen molar-refractivity contribution in [3.63, 3.8) is 0 Å². The van der Waals surface area contributed by atoms with Crippen LogP contribution in [-0.2, 0) is 17.8 Å². The van der Waals surface area contributed by atoms with Gasteiger partial charge in [0, 0.05) is 23.4 Å². The summed E-state index contributed by atoms with van der Waals surface area (Å²) < 4.78 is 0. The summed E-state index contributed by atoms with van der Waals surface area (Å²) in [4.78, 5) is 27.3. The average molecular weight is 415 g/mol. The Morgan fingerprint density at radius 2 is 1.55 bits per heavy atom. The maximum Gasteiger partial charge on any atom is 0.258 e. The number of nitrogens with one attached hydrogen (secondary N) is 2. The summed E-state index contributed by atoms with van der Waals surface area (Å²) in [6.45, 7) is 2.36. The monoisotopic (exact) mass is 414 g/mol. The zero-order valence-corrected chi connectivity index (χ0v) is 17.5. The Morgan fingerprint density at radius 3 is 2.19 bits per heavy atom. The van der Waals surface area contributed by atoms with Crippen molar-refractivity contribution in [2.45, 2.75) is 19.9 Å². The molecule has 0 unspecified atom stereocenters. The van der Waals surface area contributed by atoms with Gasteiger partial charge in [-0.25, -0.2) is 0 Å². The SMILES string of the molecule is CCc1ccc(CNC(=O)CN(C(=O)c2cccc(C(=N)N)c2)c2ccccc2)cc1. The molecular weight excluding hydrogens is 388 g/mol. The van der Waals surface area contributed by atoms with E-state index in [1.54, 1.807) is 36.4 Å². The number of benzene rings is 3. The number of hydrogen-bond donors (Lipinski definition) is 3. The van der Waals surface area contributed by atoms with Gasteiger partial charge in [0.25, 0.3) is 5.91 Å². The van der Waals surface area contributed by atoms with Crippen LogP contribution in [0.3, 0.4) is 0 Å². The van der Waals surface area contributed by atoms with Crippen molar-refractivity contribution in [3.05, 3.63) is 101 Å². The Morgan fingerprint density at radius 1 is 0.903 bits per heavy atom. The average Bonchev–Trinajstić information content (AvgIpc) is 2.81. The molecule has 2 amide bonds. The lowest BCUT2D eigenvalue weighted by Gasteiger charge is -2.23. The van der Waals surface area contributed by atoms with E-state index in [-0.39, 0.29) is 24.2 Å². The van der Waals surface area contributed by atoms with Crippen molar-refractivity contribution in [2.24, 2.45) is 5.73 Å². The third-order valence-electron chi connectivity index (χ3n) is 4.96. The summed E-state index contributed by atoms with van der Waals surface area (Å²) in [5.41, 5.74) is 9.23. The minimum absolute atomic E-state index is 0.118. The van der Waals surface area contributed by atoms with Gasteiger partial charge in [-0.2, -0.15) is 0 Å². The number of nitrogen functional groups attached to an aromatic ring is 1. The summed E-state index contributed by atoms with van der Waals surface area (Å²) in [5, 5.41) is 10.5. The van der Waals surface area contributed by atoms with E-state index in [0.29, 0.717) is 23.4 Å². The minimum atomic E-state index is -0.336. The molecule has 0 aliphatic carbocycles. The largest absolute Gasteiger partial charge is 0.384 e. The summed E-state index contributed by atoms with van der Waals surface area (Å²) in [5.74, 6) is -0.719. The Bertz CT molecular complexity index is 1060. The van der Waals surface area contributed by atoms with Crippen molar-refractivity contribution >= 4 is 23.3 Å². The van der Waals surface area contributed by atoms with Crippen LogP contribution in [0.5, 0.6) is 0 Å². The number of rotatable bonds is 8. The molecule has 0 fully saturated rings. The van der Waals surface area contributed by atoms with Gasteiger partial charge in [0.15, 0.2) is 0 Å². The topological polar surface area (TPSA) is 99.3 Å². The predicted octanol–water partition coefficient (Wildman–Crippen LogP) is 3.50. The fourth-order valence-electron chi connectivity index (χ4n) is 3.16. The number of hydrogen-bond acceptors (Lipinski definition) is 3. The molecule has 0 aliphatic rings. The van der Waals surface area contributed by atoms with E-state index in [0.717, 1.165) is 12.0 Å². The van der Waals surface area contributed by atoms with Gasteiger partial charge in [-0.3, -0.25) is 19.9 Å². The molecule has 0 saturated heterocycles. The summed E-state index contributed by atoms with van der Waals surface area (Å²) in [6, 6.07) is 23.7. The number of aryl methyl sites for hydroxylation is 1. The van der Waals surface area contributed by atoms with Crippen LogP contribution in [0.25, 0.3) is 0 Å². The summed E-state index contributed by atoms with van der Waals surface area (Å²) in [6.07, 6.45) is 0.964. The fraction of sp³-hybridized carbons (Fsp3) is 0.160. The van der Waals surface area contributed by atoms with Crippen molar-refractivity contribution < 1.29 is 9.59 Å². The van der Waals surface area contributed by atoms with Gasteiger partial charge in [-0.1, -0.05) is 61.5 Å². The van der Waals surface area contributed by atoms with Crippen LogP contribution in [-0.4, -0.2) is 24.2 Å². The molecule has 0 aromatic heterocycles. The fourth-order valence-corrected chi connectivity index (χ4v) is 3.16. The highest BCUT2D eigenvalue weighted by atomic mass is 16.2. The maximum absolute atomic E-state index is 13.2. The molecule has 6 nitrogen and oxygen atoms in total. The molecular formula is C25H26N4O2. The molecule has 0 heterocycles. The third-order valence-corrected chi connectivity index (χ3v) is 4.96. The second-order valence-corrected chi connectivity index (χ2v) is 7.17. The number of para-hydroxylation sites is 1. The molecule has 0 spiro atoms. The number of nitrogens with two attached hydrogens (primary N) is 1. The Kier molecular flexibility index (Phi) is 7.17. The van der Waals surface area contributed by atoms with Crippen LogP contribution in [0.15, 0.2) is 78.9 Å². The van der Waals surface area contributed by atoms with Crippen LogP contribution in [0, 0.1) is 5.41 Å². The second kappa shape index (κ2) is 10.2. The Hall–Kier alpha value is -3.93. The first-order valence-electron chi connectivity index (χ1n) is 10.1. The number of carbonyl (C=O) groups is 2. The zero-order valence-electron chi connectivity index (χ0n) is 17.5. The van der Waals surface area contributed by atoms with E-state index in [1.807, 2.05) is 42.5 Å². The predicted molar refractivity (Wildman–Crippen MR) is 123 cm³/mol. The van der Waals surface area contributed by atoms with E-state index in [1.165, 1.54) is 10.5 Å². The van der Waals surface area contributed by atoms with E-state index in [4.69, 9.17) is 11.1 Å². The smallest absolute Gasteiger partial charge is 0.258 e. The molecule has 0 radical (unpaired) electrons. The normalized spacial score (nSPS) is 10.4. The number of amides is 2. The molecule has 0 atom stereocenters. The lowest BCUT2D eigenvalue weighted by atomic mass is 10.1. The molecule has 3 aromatic rings. The number of carbonyl (C=O) groups excluding carboxylic acids is 2. The van der Waals surface area contributed by atoms with Gasteiger partial charge in [0.05, 0.1) is 0 Å². The van der Waals surface area contributed by atoms with Crippen LogP contribution >= 0.6 is 0 Å². The first-order chi connectivity index (χ1) is 15.0. The molecule has 0 bridgehead atoms. The minimum Gasteiger partial charge on any atom is -0.384 e. The molecule has 4 N–H and O–H groups in total. The summed E-state index contributed by atoms with van der Waals surface area (Å²) in [7, 11) is 0. The van der Waals surface area contributed by atoms with E-state index >= 15 is 0 Å². The maximum atomic E-state index is 13.2. The Balaban J connectivity index is 1.76. The third kappa shape index (κ3) is 5.79. The van der Waals surface area contributed by atoms with Gasteiger partial charge in [-0.15, -0.1) is 0 Å². The first-order valence-corrected chi connectivity index (χ1v) is 10.1. The van der Waals surface area contributed by atoms with Crippen LogP contribution in [0.2, 0.25) is 0 Å². The molecule has 158 valence electrons. The number of anilines is 1. The zero-order chi connectivity index (χ0) is 22.2. The molecule has 3 rings (SSSR count). The van der Waals surface area contributed by atoms with Crippen LogP contribution < -0.4 is 16.0 Å². The molecule has 0 saturated carbocycles. The highest BCUT2D eigenvalue weighted by Crippen LogP contribution is 2.17. The summed E-state index contributed by atoms with van der Waals surface area (Å²) >= 11 is 0. The van der Waals surface area contributed by atoms with E-state index in [9.17, 15) is 9.59 Å². The number of nitrogens with zero attached hydrogens (tertiary/aromatic N) is 1. The molecule has 31 heavy (non-hydrogen) atoms. The molecule has 6 heteroatoms. The lowest BCUT2D eigenvalue weighted by Crippen LogP contribution is -2.40. The highest BCUT2D eigenvalue weighted by Gasteiger charge is 2.21. The van der Waals surface area contributed by atoms with E-state index < -0.39 is 0 Å².